The summed E-state index contributed by atoms with van der Waals surface area (Å²) < 4.78 is 0. The van der Waals surface area contributed by atoms with E-state index in [4.69, 9.17) is 11.7 Å². The van der Waals surface area contributed by atoms with E-state index in [1.165, 1.54) is 62.5 Å². The molecule has 3 rings (SSSR count). The van der Waals surface area contributed by atoms with Gasteiger partial charge in [0.15, 0.2) is 0 Å². The second-order valence-corrected chi connectivity index (χ2v) is 9.12. The Hall–Kier alpha value is -1.99. The lowest BCUT2D eigenvalue weighted by Crippen LogP contribution is -2.30. The molecular weight excluding hydrogens is 338 g/mol. The first-order valence-electron chi connectivity index (χ1n) is 11.3. The SMILES string of the molecule is C#CC1(c2ccc(CCC3CCC(CCC=C)CC3)cc2)CCC(C#N)CC1. The van der Waals surface area contributed by atoms with Crippen molar-refractivity contribution in [2.24, 2.45) is 17.8 Å². The van der Waals surface area contributed by atoms with Crippen molar-refractivity contribution in [1.29, 1.82) is 5.26 Å². The molecule has 0 heterocycles. The first-order valence-corrected chi connectivity index (χ1v) is 11.3. The van der Waals surface area contributed by atoms with E-state index in [-0.39, 0.29) is 11.3 Å². The third kappa shape index (κ3) is 5.08. The van der Waals surface area contributed by atoms with E-state index < -0.39 is 0 Å². The average molecular weight is 374 g/mol. The number of aryl methyl sites for hydroxylation is 1. The van der Waals surface area contributed by atoms with E-state index in [1.807, 2.05) is 0 Å². The lowest BCUT2D eigenvalue weighted by Gasteiger charge is -2.35. The molecule has 0 aliphatic heterocycles. The van der Waals surface area contributed by atoms with Crippen molar-refractivity contribution in [1.82, 2.24) is 0 Å². The number of nitrogens with zero attached hydrogens (tertiary/aromatic N) is 1. The van der Waals surface area contributed by atoms with Crippen molar-refractivity contribution in [3.63, 3.8) is 0 Å². The van der Waals surface area contributed by atoms with Crippen LogP contribution in [0.3, 0.4) is 0 Å². The van der Waals surface area contributed by atoms with Crippen LogP contribution in [0.4, 0.5) is 0 Å². The van der Waals surface area contributed by atoms with Gasteiger partial charge in [-0.2, -0.15) is 5.26 Å². The Morgan fingerprint density at radius 1 is 1.00 bits per heavy atom. The highest BCUT2D eigenvalue weighted by Crippen LogP contribution is 2.41. The Bertz CT molecular complexity index is 698. The van der Waals surface area contributed by atoms with Gasteiger partial charge < -0.3 is 0 Å². The van der Waals surface area contributed by atoms with Gasteiger partial charge in [-0.25, -0.2) is 0 Å². The second-order valence-electron chi connectivity index (χ2n) is 9.12. The molecule has 28 heavy (non-hydrogen) atoms. The monoisotopic (exact) mass is 373 g/mol. The summed E-state index contributed by atoms with van der Waals surface area (Å²) in [5.41, 5.74) is 2.56. The topological polar surface area (TPSA) is 23.8 Å². The molecule has 2 aliphatic rings. The summed E-state index contributed by atoms with van der Waals surface area (Å²) in [7, 11) is 0. The minimum atomic E-state index is -0.157. The lowest BCUT2D eigenvalue weighted by atomic mass is 9.67. The highest BCUT2D eigenvalue weighted by atomic mass is 14.4. The van der Waals surface area contributed by atoms with Crippen LogP contribution in [-0.2, 0) is 11.8 Å². The third-order valence-electron chi connectivity index (χ3n) is 7.39. The van der Waals surface area contributed by atoms with Crippen LogP contribution < -0.4 is 0 Å². The van der Waals surface area contributed by atoms with Crippen LogP contribution in [0.2, 0.25) is 0 Å². The molecule has 0 atom stereocenters. The highest BCUT2D eigenvalue weighted by molar-refractivity contribution is 5.37. The largest absolute Gasteiger partial charge is 0.198 e. The van der Waals surface area contributed by atoms with Crippen LogP contribution in [-0.4, -0.2) is 0 Å². The second kappa shape index (κ2) is 9.98. The van der Waals surface area contributed by atoms with Crippen LogP contribution in [0.15, 0.2) is 36.9 Å². The molecule has 1 aromatic rings. The molecular formula is C27H35N. The Labute approximate surface area is 172 Å². The van der Waals surface area contributed by atoms with E-state index >= 15 is 0 Å². The van der Waals surface area contributed by atoms with Crippen molar-refractivity contribution in [2.75, 3.05) is 0 Å². The van der Waals surface area contributed by atoms with Crippen molar-refractivity contribution in [3.8, 4) is 18.4 Å². The molecule has 0 bridgehead atoms. The maximum Gasteiger partial charge on any atom is 0.0655 e. The quantitative estimate of drug-likeness (QED) is 0.374. The summed E-state index contributed by atoms with van der Waals surface area (Å²) in [5.74, 6) is 5.11. The van der Waals surface area contributed by atoms with Crippen molar-refractivity contribution in [3.05, 3.63) is 48.0 Å². The van der Waals surface area contributed by atoms with Gasteiger partial charge in [0.05, 0.1) is 11.5 Å². The number of benzene rings is 1. The molecule has 0 radical (unpaired) electrons. The van der Waals surface area contributed by atoms with Gasteiger partial charge in [0.1, 0.15) is 0 Å². The average Bonchev–Trinajstić information content (AvgIpc) is 2.77. The number of nitriles is 1. The molecule has 2 fully saturated rings. The zero-order chi connectivity index (χ0) is 19.8. The first-order chi connectivity index (χ1) is 13.7. The van der Waals surface area contributed by atoms with E-state index in [9.17, 15) is 0 Å². The van der Waals surface area contributed by atoms with Gasteiger partial charge in [-0.1, -0.05) is 61.9 Å². The molecule has 0 saturated heterocycles. The number of hydrogen-bond acceptors (Lipinski definition) is 1. The molecule has 1 nitrogen and oxygen atoms in total. The fourth-order valence-electron chi connectivity index (χ4n) is 5.28. The molecule has 0 unspecified atom stereocenters. The Morgan fingerprint density at radius 2 is 1.61 bits per heavy atom. The molecule has 2 saturated carbocycles. The predicted molar refractivity (Wildman–Crippen MR) is 118 cm³/mol. The fourth-order valence-corrected chi connectivity index (χ4v) is 5.28. The smallest absolute Gasteiger partial charge is 0.0655 e. The van der Waals surface area contributed by atoms with Crippen molar-refractivity contribution >= 4 is 0 Å². The number of terminal acetylenes is 1. The molecule has 1 aromatic carbocycles. The standard InChI is InChI=1S/C27H35N/c1-3-5-6-22-7-9-23(10-8-22)11-12-24-13-15-26(16-14-24)27(4-2)19-17-25(21-28)18-20-27/h2-3,13-16,22-23,25H,1,5-12,17-20H2. The van der Waals surface area contributed by atoms with Crippen molar-refractivity contribution in [2.45, 2.75) is 82.5 Å². The Morgan fingerprint density at radius 3 is 2.14 bits per heavy atom. The van der Waals surface area contributed by atoms with Crippen molar-refractivity contribution < 1.29 is 0 Å². The summed E-state index contributed by atoms with van der Waals surface area (Å²) in [4.78, 5) is 0. The lowest BCUT2D eigenvalue weighted by molar-refractivity contribution is 0.254. The summed E-state index contributed by atoms with van der Waals surface area (Å²) in [6, 6.07) is 11.5. The van der Waals surface area contributed by atoms with Gasteiger partial charge in [-0.05, 0) is 74.3 Å². The summed E-state index contributed by atoms with van der Waals surface area (Å²) >= 11 is 0. The summed E-state index contributed by atoms with van der Waals surface area (Å²) in [6.07, 6.45) is 22.4. The van der Waals surface area contributed by atoms with E-state index in [1.54, 1.807) is 0 Å². The van der Waals surface area contributed by atoms with Gasteiger partial charge in [-0.15, -0.1) is 13.0 Å². The molecule has 0 amide bonds. The number of hydrogen-bond donors (Lipinski definition) is 0. The summed E-state index contributed by atoms with van der Waals surface area (Å²) in [6.45, 7) is 3.85. The van der Waals surface area contributed by atoms with Crippen LogP contribution in [0.25, 0.3) is 0 Å². The first kappa shape index (κ1) is 20.7. The molecule has 0 N–H and O–H groups in total. The summed E-state index contributed by atoms with van der Waals surface area (Å²) in [5, 5.41) is 9.15. The van der Waals surface area contributed by atoms with Crippen LogP contribution >= 0.6 is 0 Å². The molecule has 1 heteroatoms. The highest BCUT2D eigenvalue weighted by Gasteiger charge is 2.35. The van der Waals surface area contributed by atoms with Crippen LogP contribution in [0.1, 0.15) is 81.8 Å². The van der Waals surface area contributed by atoms with Gasteiger partial charge in [0, 0.05) is 5.92 Å². The zero-order valence-electron chi connectivity index (χ0n) is 17.3. The molecule has 0 spiro atoms. The molecule has 148 valence electrons. The Kier molecular flexibility index (Phi) is 7.39. The van der Waals surface area contributed by atoms with Gasteiger partial charge in [0.2, 0.25) is 0 Å². The number of rotatable bonds is 7. The van der Waals surface area contributed by atoms with Crippen LogP contribution in [0, 0.1) is 41.4 Å². The molecule has 2 aliphatic carbocycles. The Balaban J connectivity index is 1.49. The minimum absolute atomic E-state index is 0.157. The van der Waals surface area contributed by atoms with Gasteiger partial charge in [-0.3, -0.25) is 0 Å². The minimum Gasteiger partial charge on any atom is -0.198 e. The molecule has 0 aromatic heterocycles. The fraction of sp³-hybridized carbons (Fsp3) is 0.593. The normalized spacial score (nSPS) is 30.1. The maximum absolute atomic E-state index is 9.15. The van der Waals surface area contributed by atoms with Gasteiger partial charge >= 0.3 is 0 Å². The third-order valence-corrected chi connectivity index (χ3v) is 7.39. The van der Waals surface area contributed by atoms with Gasteiger partial charge in [0.25, 0.3) is 0 Å². The number of allylic oxidation sites excluding steroid dienone is 1. The maximum atomic E-state index is 9.15. The van der Waals surface area contributed by atoms with E-state index in [0.29, 0.717) is 0 Å². The van der Waals surface area contributed by atoms with E-state index in [0.717, 1.165) is 37.5 Å². The zero-order valence-corrected chi connectivity index (χ0v) is 17.3. The van der Waals surface area contributed by atoms with Crippen LogP contribution in [0.5, 0.6) is 0 Å². The predicted octanol–water partition coefficient (Wildman–Crippen LogP) is 6.98. The van der Waals surface area contributed by atoms with E-state index in [2.05, 4.69) is 48.9 Å².